The fraction of sp³-hybridized carbons (Fsp3) is 0.900. The van der Waals surface area contributed by atoms with Gasteiger partial charge < -0.3 is 15.4 Å². The van der Waals surface area contributed by atoms with E-state index in [0.29, 0.717) is 6.42 Å². The second-order valence-corrected chi connectivity index (χ2v) is 3.68. The Kier molecular flexibility index (Phi) is 7.90. The molecule has 0 saturated carbocycles. The van der Waals surface area contributed by atoms with Gasteiger partial charge in [0.15, 0.2) is 0 Å². The lowest BCUT2D eigenvalue weighted by Gasteiger charge is -2.12. The monoisotopic (exact) mass is 256 g/mol. The maximum Gasteiger partial charge on any atom is 0.411 e. The Morgan fingerprint density at radius 3 is 2.59 bits per heavy atom. The van der Waals surface area contributed by atoms with Crippen LogP contribution in [0.5, 0.6) is 0 Å². The Morgan fingerprint density at radius 2 is 2.06 bits per heavy atom. The van der Waals surface area contributed by atoms with Crippen LogP contribution in [0.3, 0.4) is 0 Å². The molecule has 0 bridgehead atoms. The molecule has 0 heterocycles. The third kappa shape index (κ3) is 11.4. The number of carbonyl (C=O) groups is 1. The molecule has 4 nitrogen and oxygen atoms in total. The van der Waals surface area contributed by atoms with Gasteiger partial charge in [-0.1, -0.05) is 6.92 Å². The minimum atomic E-state index is -4.32. The first kappa shape index (κ1) is 16.2. The zero-order valence-corrected chi connectivity index (χ0v) is 10.1. The molecule has 1 unspecified atom stereocenters. The Hall–Kier alpha value is -0.820. The number of ether oxygens (including phenoxy) is 1. The van der Waals surface area contributed by atoms with Gasteiger partial charge in [0.2, 0.25) is 5.91 Å². The largest absolute Gasteiger partial charge is 0.411 e. The van der Waals surface area contributed by atoms with Gasteiger partial charge in [0, 0.05) is 19.0 Å². The number of nitrogens with one attached hydrogen (secondary N) is 2. The fourth-order valence-electron chi connectivity index (χ4n) is 1.22. The van der Waals surface area contributed by atoms with E-state index in [4.69, 9.17) is 0 Å². The van der Waals surface area contributed by atoms with Gasteiger partial charge in [0.25, 0.3) is 0 Å². The third-order valence-electron chi connectivity index (χ3n) is 1.88. The van der Waals surface area contributed by atoms with Crippen molar-refractivity contribution in [3.63, 3.8) is 0 Å². The van der Waals surface area contributed by atoms with E-state index in [2.05, 4.69) is 15.4 Å². The SMILES string of the molecule is CCNC(C)CC(=O)NCCOCC(F)(F)F. The van der Waals surface area contributed by atoms with Crippen molar-refractivity contribution in [3.8, 4) is 0 Å². The fourth-order valence-corrected chi connectivity index (χ4v) is 1.22. The molecular weight excluding hydrogens is 237 g/mol. The molecule has 0 aliphatic rings. The maximum atomic E-state index is 11.7. The molecule has 0 spiro atoms. The first-order valence-electron chi connectivity index (χ1n) is 5.49. The predicted octanol–water partition coefficient (Wildman–Crippen LogP) is 1.07. The van der Waals surface area contributed by atoms with E-state index >= 15 is 0 Å². The minimum Gasteiger partial charge on any atom is -0.370 e. The third-order valence-corrected chi connectivity index (χ3v) is 1.88. The van der Waals surface area contributed by atoms with Crippen molar-refractivity contribution in [3.05, 3.63) is 0 Å². The van der Waals surface area contributed by atoms with Gasteiger partial charge in [-0.15, -0.1) is 0 Å². The molecule has 0 aliphatic heterocycles. The Balaban J connectivity index is 3.46. The van der Waals surface area contributed by atoms with E-state index in [1.54, 1.807) is 0 Å². The second-order valence-electron chi connectivity index (χ2n) is 3.68. The summed E-state index contributed by atoms with van der Waals surface area (Å²) in [6.07, 6.45) is -4.02. The van der Waals surface area contributed by atoms with Gasteiger partial charge in [0.1, 0.15) is 6.61 Å². The summed E-state index contributed by atoms with van der Waals surface area (Å²) in [5, 5.41) is 5.54. The van der Waals surface area contributed by atoms with Crippen molar-refractivity contribution in [1.29, 1.82) is 0 Å². The Labute approximate surface area is 98.9 Å². The number of amides is 1. The van der Waals surface area contributed by atoms with Gasteiger partial charge in [-0.3, -0.25) is 4.79 Å². The van der Waals surface area contributed by atoms with Crippen LogP contribution in [0.1, 0.15) is 20.3 Å². The molecule has 17 heavy (non-hydrogen) atoms. The molecule has 2 N–H and O–H groups in total. The summed E-state index contributed by atoms with van der Waals surface area (Å²) in [5.41, 5.74) is 0. The zero-order valence-electron chi connectivity index (χ0n) is 10.1. The molecule has 0 aromatic rings. The highest BCUT2D eigenvalue weighted by Gasteiger charge is 2.27. The summed E-state index contributed by atoms with van der Waals surface area (Å²) in [5.74, 6) is -0.200. The molecule has 7 heteroatoms. The molecule has 0 rings (SSSR count). The molecule has 102 valence electrons. The van der Waals surface area contributed by atoms with E-state index in [0.717, 1.165) is 6.54 Å². The number of hydrogen-bond donors (Lipinski definition) is 2. The van der Waals surface area contributed by atoms with Crippen LogP contribution in [0.2, 0.25) is 0 Å². The van der Waals surface area contributed by atoms with Crippen LogP contribution >= 0.6 is 0 Å². The van der Waals surface area contributed by atoms with Crippen LogP contribution in [0, 0.1) is 0 Å². The summed E-state index contributed by atoms with van der Waals surface area (Å²) in [7, 11) is 0. The molecule has 0 radical (unpaired) electrons. The van der Waals surface area contributed by atoms with E-state index in [1.165, 1.54) is 0 Å². The van der Waals surface area contributed by atoms with Crippen LogP contribution in [0.15, 0.2) is 0 Å². The Morgan fingerprint density at radius 1 is 1.41 bits per heavy atom. The topological polar surface area (TPSA) is 50.4 Å². The van der Waals surface area contributed by atoms with E-state index in [9.17, 15) is 18.0 Å². The summed E-state index contributed by atoms with van der Waals surface area (Å²) in [6, 6.07) is 0.0519. The van der Waals surface area contributed by atoms with E-state index < -0.39 is 12.8 Å². The molecule has 0 aromatic carbocycles. The van der Waals surface area contributed by atoms with Crippen LogP contribution in [0.4, 0.5) is 13.2 Å². The average molecular weight is 256 g/mol. The summed E-state index contributed by atoms with van der Waals surface area (Å²) in [4.78, 5) is 11.3. The van der Waals surface area contributed by atoms with Crippen molar-refractivity contribution in [2.45, 2.75) is 32.5 Å². The average Bonchev–Trinajstić information content (AvgIpc) is 2.15. The number of hydrogen-bond acceptors (Lipinski definition) is 3. The van der Waals surface area contributed by atoms with Crippen LogP contribution < -0.4 is 10.6 Å². The van der Waals surface area contributed by atoms with Gasteiger partial charge in [-0.05, 0) is 13.5 Å². The maximum absolute atomic E-state index is 11.7. The van der Waals surface area contributed by atoms with Gasteiger partial charge in [0.05, 0.1) is 6.61 Å². The molecular formula is C10H19F3N2O2. The lowest BCUT2D eigenvalue weighted by atomic mass is 10.2. The van der Waals surface area contributed by atoms with E-state index in [-0.39, 0.29) is 25.1 Å². The lowest BCUT2D eigenvalue weighted by molar-refractivity contribution is -0.173. The first-order chi connectivity index (χ1) is 7.85. The number of halogens is 3. The van der Waals surface area contributed by atoms with Gasteiger partial charge in [-0.2, -0.15) is 13.2 Å². The predicted molar refractivity (Wildman–Crippen MR) is 57.6 cm³/mol. The van der Waals surface area contributed by atoms with Crippen LogP contribution in [0.25, 0.3) is 0 Å². The van der Waals surface area contributed by atoms with E-state index in [1.807, 2.05) is 13.8 Å². The lowest BCUT2D eigenvalue weighted by Crippen LogP contribution is -2.35. The highest BCUT2D eigenvalue weighted by molar-refractivity contribution is 5.76. The highest BCUT2D eigenvalue weighted by Crippen LogP contribution is 2.13. The number of rotatable bonds is 8. The van der Waals surface area contributed by atoms with Crippen LogP contribution in [-0.4, -0.2) is 44.4 Å². The normalized spacial score (nSPS) is 13.5. The van der Waals surface area contributed by atoms with Crippen molar-refractivity contribution in [2.24, 2.45) is 0 Å². The van der Waals surface area contributed by atoms with Crippen molar-refractivity contribution < 1.29 is 22.7 Å². The summed E-state index contributed by atoms with van der Waals surface area (Å²) in [6.45, 7) is 3.23. The van der Waals surface area contributed by atoms with Crippen molar-refractivity contribution >= 4 is 5.91 Å². The smallest absolute Gasteiger partial charge is 0.370 e. The zero-order chi connectivity index (χ0) is 13.3. The number of alkyl halides is 3. The second kappa shape index (κ2) is 8.30. The van der Waals surface area contributed by atoms with Crippen molar-refractivity contribution in [1.82, 2.24) is 10.6 Å². The molecule has 0 aliphatic carbocycles. The first-order valence-corrected chi connectivity index (χ1v) is 5.49. The molecule has 1 atom stereocenters. The molecule has 0 aromatic heterocycles. The van der Waals surface area contributed by atoms with Crippen LogP contribution in [-0.2, 0) is 9.53 Å². The Bertz CT molecular complexity index is 222. The summed E-state index contributed by atoms with van der Waals surface area (Å²) >= 11 is 0. The standard InChI is InChI=1S/C10H19F3N2O2/c1-3-14-8(2)6-9(16)15-4-5-17-7-10(11,12)13/h8,14H,3-7H2,1-2H3,(H,15,16). The van der Waals surface area contributed by atoms with Crippen molar-refractivity contribution in [2.75, 3.05) is 26.3 Å². The number of carbonyl (C=O) groups excluding carboxylic acids is 1. The quantitative estimate of drug-likeness (QED) is 0.639. The molecule has 0 saturated heterocycles. The summed E-state index contributed by atoms with van der Waals surface area (Å²) < 4.78 is 39.4. The van der Waals surface area contributed by atoms with Gasteiger partial charge in [-0.25, -0.2) is 0 Å². The highest BCUT2D eigenvalue weighted by atomic mass is 19.4. The molecule has 1 amide bonds. The minimum absolute atomic E-state index is 0.0519. The van der Waals surface area contributed by atoms with Gasteiger partial charge >= 0.3 is 6.18 Å². The molecule has 0 fully saturated rings.